The van der Waals surface area contributed by atoms with Crippen LogP contribution in [0.2, 0.25) is 0 Å². The molecule has 0 radical (unpaired) electrons. The lowest BCUT2D eigenvalue weighted by atomic mass is 9.86. The monoisotopic (exact) mass is 321 g/mol. The number of ether oxygens (including phenoxy) is 2. The molecular formula is C18H27NO4. The summed E-state index contributed by atoms with van der Waals surface area (Å²) in [5.74, 6) is 1.08. The molecule has 1 aliphatic carbocycles. The number of anilines is 1. The van der Waals surface area contributed by atoms with E-state index in [1.807, 2.05) is 12.1 Å². The highest BCUT2D eigenvalue weighted by atomic mass is 16.5. The second-order valence-electron chi connectivity index (χ2n) is 6.48. The summed E-state index contributed by atoms with van der Waals surface area (Å²) in [4.78, 5) is 11.0. The van der Waals surface area contributed by atoms with Crippen molar-refractivity contribution in [1.82, 2.24) is 0 Å². The molecule has 5 nitrogen and oxygen atoms in total. The van der Waals surface area contributed by atoms with Gasteiger partial charge in [0.1, 0.15) is 11.5 Å². The third kappa shape index (κ3) is 4.09. The van der Waals surface area contributed by atoms with Crippen molar-refractivity contribution in [3.63, 3.8) is 0 Å². The van der Waals surface area contributed by atoms with E-state index >= 15 is 0 Å². The second-order valence-corrected chi connectivity index (χ2v) is 6.48. The first kappa shape index (κ1) is 17.4. The van der Waals surface area contributed by atoms with Gasteiger partial charge >= 0.3 is 5.97 Å². The van der Waals surface area contributed by atoms with Crippen molar-refractivity contribution in [2.24, 2.45) is 5.92 Å². The molecule has 0 heterocycles. The number of carbonyl (C=O) groups is 1. The highest BCUT2D eigenvalue weighted by Crippen LogP contribution is 2.39. The van der Waals surface area contributed by atoms with Gasteiger partial charge < -0.3 is 19.9 Å². The molecule has 0 aliphatic heterocycles. The van der Waals surface area contributed by atoms with Crippen molar-refractivity contribution in [1.29, 1.82) is 0 Å². The standard InChI is InChI=1S/C18H27NO4/c1-11(2)17-15(22-3)9-14(10-16(17)23-4)19-13-7-5-12(6-8-13)18(20)21/h9-13,19H,5-8H2,1-4H3,(H,20,21). The molecule has 2 rings (SSSR count). The van der Waals surface area contributed by atoms with Crippen molar-refractivity contribution in [3.8, 4) is 11.5 Å². The van der Waals surface area contributed by atoms with Gasteiger partial charge in [-0.3, -0.25) is 4.79 Å². The highest BCUT2D eigenvalue weighted by Gasteiger charge is 2.26. The first-order valence-electron chi connectivity index (χ1n) is 8.21. The fraction of sp³-hybridized carbons (Fsp3) is 0.611. The summed E-state index contributed by atoms with van der Waals surface area (Å²) in [5.41, 5.74) is 2.03. The number of rotatable bonds is 6. The van der Waals surface area contributed by atoms with E-state index in [1.54, 1.807) is 14.2 Å². The summed E-state index contributed by atoms with van der Waals surface area (Å²) in [7, 11) is 3.34. The Kier molecular flexibility index (Phi) is 5.74. The van der Waals surface area contributed by atoms with Crippen LogP contribution < -0.4 is 14.8 Å². The van der Waals surface area contributed by atoms with Gasteiger partial charge in [0, 0.05) is 29.4 Å². The Labute approximate surface area is 138 Å². The van der Waals surface area contributed by atoms with Crippen LogP contribution in [0.5, 0.6) is 11.5 Å². The first-order chi connectivity index (χ1) is 11.0. The van der Waals surface area contributed by atoms with E-state index < -0.39 is 5.97 Å². The van der Waals surface area contributed by atoms with Gasteiger partial charge in [0.2, 0.25) is 0 Å². The summed E-state index contributed by atoms with van der Waals surface area (Å²) in [6, 6.07) is 4.30. The molecule has 1 aromatic rings. The van der Waals surface area contributed by atoms with Crippen LogP contribution in [0.1, 0.15) is 51.0 Å². The van der Waals surface area contributed by atoms with E-state index in [2.05, 4.69) is 19.2 Å². The van der Waals surface area contributed by atoms with Crippen molar-refractivity contribution < 1.29 is 19.4 Å². The highest BCUT2D eigenvalue weighted by molar-refractivity contribution is 5.70. The van der Waals surface area contributed by atoms with E-state index in [9.17, 15) is 4.79 Å². The molecule has 0 spiro atoms. The molecule has 0 saturated heterocycles. The Morgan fingerprint density at radius 1 is 1.13 bits per heavy atom. The zero-order valence-corrected chi connectivity index (χ0v) is 14.4. The first-order valence-corrected chi connectivity index (χ1v) is 8.21. The molecule has 1 saturated carbocycles. The summed E-state index contributed by atoms with van der Waals surface area (Å²) in [5, 5.41) is 12.6. The smallest absolute Gasteiger partial charge is 0.306 e. The molecule has 0 unspecified atom stereocenters. The van der Waals surface area contributed by atoms with Crippen LogP contribution >= 0.6 is 0 Å². The van der Waals surface area contributed by atoms with Gasteiger partial charge in [-0.05, 0) is 31.6 Å². The third-order valence-corrected chi connectivity index (χ3v) is 4.57. The lowest BCUT2D eigenvalue weighted by molar-refractivity contribution is -0.142. The molecule has 1 aromatic carbocycles. The number of benzene rings is 1. The van der Waals surface area contributed by atoms with Crippen molar-refractivity contribution >= 4 is 11.7 Å². The van der Waals surface area contributed by atoms with Gasteiger partial charge in [-0.15, -0.1) is 0 Å². The molecule has 5 heteroatoms. The second kappa shape index (κ2) is 7.57. The zero-order valence-electron chi connectivity index (χ0n) is 14.4. The fourth-order valence-corrected chi connectivity index (χ4v) is 3.31. The SMILES string of the molecule is COc1cc(NC2CCC(C(=O)O)CC2)cc(OC)c1C(C)C. The predicted octanol–water partition coefficient (Wildman–Crippen LogP) is 3.88. The number of carboxylic acids is 1. The molecule has 0 aromatic heterocycles. The van der Waals surface area contributed by atoms with Crippen LogP contribution in [0.25, 0.3) is 0 Å². The van der Waals surface area contributed by atoms with Gasteiger partial charge in [0.05, 0.1) is 20.1 Å². The molecule has 23 heavy (non-hydrogen) atoms. The van der Waals surface area contributed by atoms with Crippen molar-refractivity contribution in [2.45, 2.75) is 51.5 Å². The van der Waals surface area contributed by atoms with Crippen LogP contribution in [-0.4, -0.2) is 31.3 Å². The number of methoxy groups -OCH3 is 2. The van der Waals surface area contributed by atoms with Gasteiger partial charge in [-0.25, -0.2) is 0 Å². The lowest BCUT2D eigenvalue weighted by Gasteiger charge is -2.28. The molecule has 1 fully saturated rings. The van der Waals surface area contributed by atoms with Crippen LogP contribution in [-0.2, 0) is 4.79 Å². The average molecular weight is 321 g/mol. The van der Waals surface area contributed by atoms with E-state index in [0.29, 0.717) is 12.0 Å². The third-order valence-electron chi connectivity index (χ3n) is 4.57. The van der Waals surface area contributed by atoms with Crippen molar-refractivity contribution in [2.75, 3.05) is 19.5 Å². The molecule has 0 amide bonds. The number of nitrogens with one attached hydrogen (secondary N) is 1. The van der Waals surface area contributed by atoms with Crippen LogP contribution in [0.4, 0.5) is 5.69 Å². The van der Waals surface area contributed by atoms with Crippen LogP contribution in [0, 0.1) is 5.92 Å². The number of carboxylic acid groups (broad SMARTS) is 1. The molecule has 128 valence electrons. The van der Waals surface area contributed by atoms with Crippen molar-refractivity contribution in [3.05, 3.63) is 17.7 Å². The molecular weight excluding hydrogens is 294 g/mol. The van der Waals surface area contributed by atoms with Gasteiger partial charge in [-0.1, -0.05) is 13.8 Å². The molecule has 2 N–H and O–H groups in total. The topological polar surface area (TPSA) is 67.8 Å². The lowest BCUT2D eigenvalue weighted by Crippen LogP contribution is -2.29. The Bertz CT molecular complexity index is 523. The quantitative estimate of drug-likeness (QED) is 0.832. The summed E-state index contributed by atoms with van der Waals surface area (Å²) in [6.07, 6.45) is 3.19. The normalized spacial score (nSPS) is 21.1. The van der Waals surface area contributed by atoms with Gasteiger partial charge in [-0.2, -0.15) is 0 Å². The molecule has 0 bridgehead atoms. The summed E-state index contributed by atoms with van der Waals surface area (Å²) >= 11 is 0. The molecule has 1 aliphatic rings. The average Bonchev–Trinajstić information content (AvgIpc) is 2.54. The van der Waals surface area contributed by atoms with E-state index in [4.69, 9.17) is 14.6 Å². The minimum absolute atomic E-state index is 0.194. The largest absolute Gasteiger partial charge is 0.496 e. The Morgan fingerprint density at radius 3 is 2.04 bits per heavy atom. The maximum absolute atomic E-state index is 11.0. The zero-order chi connectivity index (χ0) is 17.0. The Hall–Kier alpha value is -1.91. The number of aliphatic carboxylic acids is 1. The Morgan fingerprint density at radius 2 is 1.65 bits per heavy atom. The van der Waals surface area contributed by atoms with Crippen LogP contribution in [0.3, 0.4) is 0 Å². The predicted molar refractivity (Wildman–Crippen MR) is 90.6 cm³/mol. The van der Waals surface area contributed by atoms with E-state index in [0.717, 1.165) is 48.4 Å². The minimum atomic E-state index is -0.673. The van der Waals surface area contributed by atoms with E-state index in [1.165, 1.54) is 0 Å². The summed E-state index contributed by atoms with van der Waals surface area (Å²) in [6.45, 7) is 4.22. The van der Waals surface area contributed by atoms with Crippen LogP contribution in [0.15, 0.2) is 12.1 Å². The minimum Gasteiger partial charge on any atom is -0.496 e. The maximum atomic E-state index is 11.0. The molecule has 0 atom stereocenters. The maximum Gasteiger partial charge on any atom is 0.306 e. The Balaban J connectivity index is 2.13. The summed E-state index contributed by atoms with van der Waals surface area (Å²) < 4.78 is 11.1. The van der Waals surface area contributed by atoms with E-state index in [-0.39, 0.29) is 5.92 Å². The van der Waals surface area contributed by atoms with Gasteiger partial charge in [0.25, 0.3) is 0 Å². The fourth-order valence-electron chi connectivity index (χ4n) is 3.31. The number of hydrogen-bond acceptors (Lipinski definition) is 4. The van der Waals surface area contributed by atoms with Gasteiger partial charge in [0.15, 0.2) is 0 Å². The number of hydrogen-bond donors (Lipinski definition) is 2.